The average molecular weight is 503 g/mol. The molecule has 10 heteroatoms. The third kappa shape index (κ3) is 6.42. The SMILES string of the molecule is Cc1ncsc1-c1ccc(CNC(=O)C2CC(O)CN2C(=O)[C@@H](N)C(C)(C)C)cc1.Cl.Cl. The lowest BCUT2D eigenvalue weighted by Gasteiger charge is -2.32. The number of hydrogen-bond acceptors (Lipinski definition) is 6. The molecule has 0 spiro atoms. The maximum absolute atomic E-state index is 12.8. The van der Waals surface area contributed by atoms with E-state index in [1.165, 1.54) is 4.90 Å². The molecule has 0 saturated carbocycles. The van der Waals surface area contributed by atoms with Crippen molar-refractivity contribution in [3.63, 3.8) is 0 Å². The number of amides is 2. The average Bonchev–Trinajstić information content (AvgIpc) is 3.30. The number of carbonyl (C=O) groups is 2. The number of β-amino-alcohol motifs (C(OH)–C–C–N with tert-alkyl or cyclic N) is 1. The molecule has 32 heavy (non-hydrogen) atoms. The van der Waals surface area contributed by atoms with Crippen LogP contribution in [0.3, 0.4) is 0 Å². The molecule has 3 atom stereocenters. The molecule has 0 bridgehead atoms. The van der Waals surface area contributed by atoms with Crippen LogP contribution in [0.4, 0.5) is 0 Å². The number of aliphatic hydroxyl groups excluding tert-OH is 1. The Kier molecular flexibility index (Phi) is 10.1. The highest BCUT2D eigenvalue weighted by atomic mass is 35.5. The van der Waals surface area contributed by atoms with Crippen LogP contribution in [0, 0.1) is 12.3 Å². The number of aliphatic hydroxyl groups is 1. The number of nitrogens with two attached hydrogens (primary N) is 1. The van der Waals surface area contributed by atoms with Crippen LogP contribution >= 0.6 is 36.2 Å². The van der Waals surface area contributed by atoms with Crippen molar-refractivity contribution in [1.29, 1.82) is 0 Å². The number of halogens is 2. The van der Waals surface area contributed by atoms with Crippen molar-refractivity contribution in [2.75, 3.05) is 6.54 Å². The maximum atomic E-state index is 12.8. The molecule has 0 aliphatic carbocycles. The molecule has 2 unspecified atom stereocenters. The van der Waals surface area contributed by atoms with Gasteiger partial charge in [-0.25, -0.2) is 4.98 Å². The van der Waals surface area contributed by atoms with Crippen LogP contribution in [0.2, 0.25) is 0 Å². The molecular weight excluding hydrogens is 471 g/mol. The maximum Gasteiger partial charge on any atom is 0.243 e. The second-order valence-corrected chi connectivity index (χ2v) is 9.78. The summed E-state index contributed by atoms with van der Waals surface area (Å²) in [6, 6.07) is 6.52. The third-order valence-corrected chi connectivity index (χ3v) is 6.47. The van der Waals surface area contributed by atoms with Gasteiger partial charge in [0.1, 0.15) is 6.04 Å². The summed E-state index contributed by atoms with van der Waals surface area (Å²) in [4.78, 5) is 32.4. The topological polar surface area (TPSA) is 109 Å². The summed E-state index contributed by atoms with van der Waals surface area (Å²) in [6.07, 6.45) is -0.503. The summed E-state index contributed by atoms with van der Waals surface area (Å²) in [6.45, 7) is 8.11. The fourth-order valence-electron chi connectivity index (χ4n) is 3.51. The molecule has 2 amide bonds. The van der Waals surface area contributed by atoms with Gasteiger partial charge >= 0.3 is 0 Å². The highest BCUT2D eigenvalue weighted by Gasteiger charge is 2.42. The molecule has 1 fully saturated rings. The van der Waals surface area contributed by atoms with Crippen molar-refractivity contribution in [3.05, 3.63) is 41.0 Å². The summed E-state index contributed by atoms with van der Waals surface area (Å²) < 4.78 is 0. The van der Waals surface area contributed by atoms with E-state index in [0.29, 0.717) is 6.54 Å². The van der Waals surface area contributed by atoms with E-state index < -0.39 is 23.6 Å². The Morgan fingerprint density at radius 3 is 2.44 bits per heavy atom. The number of nitrogens with zero attached hydrogens (tertiary/aromatic N) is 2. The number of likely N-dealkylation sites (tertiary alicyclic amines) is 1. The standard InChI is InChI=1S/C22H30N4O3S.2ClH/c1-13-18(30-12-25-13)15-7-5-14(6-8-15)10-24-20(28)17-9-16(27)11-26(17)21(29)19(23)22(2,3)4;;/h5-8,12,16-17,19,27H,9-11,23H2,1-4H3,(H,24,28);2*1H/t16?,17?,19-;;/m1../s1. The largest absolute Gasteiger partial charge is 0.391 e. The van der Waals surface area contributed by atoms with Gasteiger partial charge in [-0.2, -0.15) is 0 Å². The van der Waals surface area contributed by atoms with Gasteiger partial charge in [-0.05, 0) is 23.5 Å². The van der Waals surface area contributed by atoms with E-state index in [1.54, 1.807) is 11.3 Å². The number of aryl methyl sites for hydroxylation is 1. The van der Waals surface area contributed by atoms with Crippen molar-refractivity contribution in [2.24, 2.45) is 11.1 Å². The summed E-state index contributed by atoms with van der Waals surface area (Å²) in [7, 11) is 0. The third-order valence-electron chi connectivity index (χ3n) is 5.49. The van der Waals surface area contributed by atoms with Gasteiger partial charge in [0.15, 0.2) is 0 Å². The van der Waals surface area contributed by atoms with E-state index >= 15 is 0 Å². The van der Waals surface area contributed by atoms with Crippen LogP contribution in [-0.4, -0.2) is 51.5 Å². The first-order valence-corrected chi connectivity index (χ1v) is 11.0. The van der Waals surface area contributed by atoms with Crippen molar-refractivity contribution < 1.29 is 14.7 Å². The van der Waals surface area contributed by atoms with E-state index in [1.807, 2.05) is 57.5 Å². The van der Waals surface area contributed by atoms with Crippen LogP contribution in [0.5, 0.6) is 0 Å². The zero-order valence-corrected chi connectivity index (χ0v) is 21.1. The minimum Gasteiger partial charge on any atom is -0.391 e. The number of thiazole rings is 1. The van der Waals surface area contributed by atoms with Crippen LogP contribution in [0.1, 0.15) is 38.4 Å². The molecule has 1 aromatic heterocycles. The smallest absolute Gasteiger partial charge is 0.243 e. The highest BCUT2D eigenvalue weighted by molar-refractivity contribution is 7.13. The van der Waals surface area contributed by atoms with E-state index in [0.717, 1.165) is 21.7 Å². The normalized spacial score (nSPS) is 19.0. The summed E-state index contributed by atoms with van der Waals surface area (Å²) in [5.74, 6) is -0.577. The molecule has 2 aromatic rings. The predicted molar refractivity (Wildman–Crippen MR) is 132 cm³/mol. The minimum atomic E-state index is -0.735. The number of aromatic nitrogens is 1. The molecule has 1 aromatic carbocycles. The summed E-state index contributed by atoms with van der Waals surface area (Å²) in [5.41, 5.74) is 10.6. The first-order valence-electron chi connectivity index (χ1n) is 10.1. The zero-order valence-electron chi connectivity index (χ0n) is 18.7. The Morgan fingerprint density at radius 2 is 1.91 bits per heavy atom. The van der Waals surface area contributed by atoms with Crippen molar-refractivity contribution in [2.45, 2.75) is 58.8 Å². The lowest BCUT2D eigenvalue weighted by atomic mass is 9.86. The molecule has 4 N–H and O–H groups in total. The Hall–Kier alpha value is -1.71. The van der Waals surface area contributed by atoms with Gasteiger partial charge in [0.25, 0.3) is 0 Å². The summed E-state index contributed by atoms with van der Waals surface area (Å²) in [5, 5.41) is 13.0. The van der Waals surface area contributed by atoms with E-state index in [9.17, 15) is 14.7 Å². The highest BCUT2D eigenvalue weighted by Crippen LogP contribution is 2.27. The molecule has 1 aliphatic heterocycles. The lowest BCUT2D eigenvalue weighted by Crippen LogP contribution is -2.54. The van der Waals surface area contributed by atoms with Gasteiger partial charge in [0.2, 0.25) is 11.8 Å². The van der Waals surface area contributed by atoms with E-state index in [2.05, 4.69) is 10.3 Å². The number of nitrogens with one attached hydrogen (secondary N) is 1. The Labute approximate surface area is 205 Å². The van der Waals surface area contributed by atoms with Crippen molar-refractivity contribution in [3.8, 4) is 10.4 Å². The van der Waals surface area contributed by atoms with Crippen molar-refractivity contribution >= 4 is 48.0 Å². The zero-order chi connectivity index (χ0) is 22.1. The molecule has 2 heterocycles. The number of rotatable bonds is 5. The first kappa shape index (κ1) is 28.3. The van der Waals surface area contributed by atoms with Gasteiger partial charge in [0, 0.05) is 19.5 Å². The predicted octanol–water partition coefficient (Wildman–Crippen LogP) is 2.91. The quantitative estimate of drug-likeness (QED) is 0.582. The number of benzene rings is 1. The molecular formula is C22H32Cl2N4O3S. The van der Waals surface area contributed by atoms with Crippen LogP contribution in [0.25, 0.3) is 10.4 Å². The molecule has 3 rings (SSSR count). The lowest BCUT2D eigenvalue weighted by molar-refractivity contribution is -0.141. The Bertz CT molecular complexity index is 915. The van der Waals surface area contributed by atoms with Crippen LogP contribution < -0.4 is 11.1 Å². The minimum absolute atomic E-state index is 0. The van der Waals surface area contributed by atoms with Crippen molar-refractivity contribution in [1.82, 2.24) is 15.2 Å². The molecule has 0 radical (unpaired) electrons. The Balaban J connectivity index is 0.00000256. The fourth-order valence-corrected chi connectivity index (χ4v) is 4.33. The first-order chi connectivity index (χ1) is 14.1. The molecule has 1 aliphatic rings. The molecule has 1 saturated heterocycles. The van der Waals surface area contributed by atoms with E-state index in [-0.39, 0.29) is 49.6 Å². The van der Waals surface area contributed by atoms with Gasteiger partial charge in [-0.15, -0.1) is 36.2 Å². The van der Waals surface area contributed by atoms with Crippen LogP contribution in [0.15, 0.2) is 29.8 Å². The second-order valence-electron chi connectivity index (χ2n) is 8.92. The van der Waals surface area contributed by atoms with E-state index in [4.69, 9.17) is 5.73 Å². The van der Waals surface area contributed by atoms with Gasteiger partial charge in [-0.1, -0.05) is 45.0 Å². The number of hydrogen-bond donors (Lipinski definition) is 3. The van der Waals surface area contributed by atoms with Gasteiger partial charge in [0.05, 0.1) is 28.2 Å². The number of carbonyl (C=O) groups excluding carboxylic acids is 2. The second kappa shape index (κ2) is 11.4. The Morgan fingerprint density at radius 1 is 1.28 bits per heavy atom. The summed E-state index contributed by atoms with van der Waals surface area (Å²) >= 11 is 1.60. The molecule has 178 valence electrons. The fraction of sp³-hybridized carbons (Fsp3) is 0.500. The molecule has 7 nitrogen and oxygen atoms in total. The monoisotopic (exact) mass is 502 g/mol. The van der Waals surface area contributed by atoms with Crippen LogP contribution in [-0.2, 0) is 16.1 Å². The van der Waals surface area contributed by atoms with Gasteiger partial charge < -0.3 is 21.1 Å². The van der Waals surface area contributed by atoms with Gasteiger partial charge in [-0.3, -0.25) is 9.59 Å².